The maximum atomic E-state index is 8.49. The lowest BCUT2D eigenvalue weighted by atomic mass is 10.1. The summed E-state index contributed by atoms with van der Waals surface area (Å²) in [4.78, 5) is 0. The fourth-order valence-electron chi connectivity index (χ4n) is 1.50. The molecule has 0 atom stereocenters. The molecule has 0 amide bonds. The van der Waals surface area contributed by atoms with Crippen LogP contribution in [0, 0.1) is 0 Å². The SMILES string of the molecule is C/C=C\C=C(/C)O.CCC.CCC.c1ccc(-c2ccccc2)cc1. The Morgan fingerprint density at radius 3 is 1.28 bits per heavy atom. The maximum Gasteiger partial charge on any atom is 0.0891 e. The van der Waals surface area contributed by atoms with Gasteiger partial charge in [0.25, 0.3) is 0 Å². The van der Waals surface area contributed by atoms with Crippen LogP contribution in [0.3, 0.4) is 0 Å². The first-order valence-corrected chi connectivity index (χ1v) is 9.16. The number of rotatable bonds is 2. The van der Waals surface area contributed by atoms with Crippen LogP contribution >= 0.6 is 0 Å². The predicted molar refractivity (Wildman–Crippen MR) is 115 cm³/mol. The molecular weight excluding hydrogens is 304 g/mol. The zero-order valence-corrected chi connectivity index (χ0v) is 16.9. The third kappa shape index (κ3) is 17.9. The van der Waals surface area contributed by atoms with E-state index in [1.165, 1.54) is 24.0 Å². The lowest BCUT2D eigenvalue weighted by molar-refractivity contribution is 0.414. The molecule has 1 heteroatoms. The number of aliphatic hydroxyl groups is 1. The molecule has 0 bridgehead atoms. The van der Waals surface area contributed by atoms with Gasteiger partial charge in [0, 0.05) is 0 Å². The van der Waals surface area contributed by atoms with Crippen LogP contribution in [-0.2, 0) is 0 Å². The summed E-state index contributed by atoms with van der Waals surface area (Å²) in [5.74, 6) is 0.345. The smallest absolute Gasteiger partial charge is 0.0891 e. The van der Waals surface area contributed by atoms with Gasteiger partial charge in [-0.3, -0.25) is 0 Å². The Morgan fingerprint density at radius 2 is 1.08 bits per heavy atom. The highest BCUT2D eigenvalue weighted by Gasteiger charge is 1.91. The van der Waals surface area contributed by atoms with Gasteiger partial charge in [0.2, 0.25) is 0 Å². The van der Waals surface area contributed by atoms with Crippen LogP contribution in [0.4, 0.5) is 0 Å². The maximum absolute atomic E-state index is 8.49. The molecule has 0 aliphatic heterocycles. The molecule has 2 rings (SSSR count). The number of hydrogen-bond donors (Lipinski definition) is 1. The summed E-state index contributed by atoms with van der Waals surface area (Å²) in [6, 6.07) is 20.8. The zero-order valence-electron chi connectivity index (χ0n) is 16.9. The molecule has 2 aromatic carbocycles. The summed E-state index contributed by atoms with van der Waals surface area (Å²) < 4.78 is 0. The van der Waals surface area contributed by atoms with E-state index in [0.717, 1.165) is 0 Å². The van der Waals surface area contributed by atoms with Gasteiger partial charge in [0.15, 0.2) is 0 Å². The Bertz CT molecular complexity index is 495. The second-order valence-electron chi connectivity index (χ2n) is 5.48. The minimum absolute atomic E-state index is 0.345. The van der Waals surface area contributed by atoms with Gasteiger partial charge in [-0.05, 0) is 31.1 Å². The molecule has 138 valence electrons. The Morgan fingerprint density at radius 1 is 0.760 bits per heavy atom. The van der Waals surface area contributed by atoms with E-state index in [1.807, 2.05) is 25.1 Å². The van der Waals surface area contributed by atoms with Gasteiger partial charge in [0.1, 0.15) is 0 Å². The highest BCUT2D eigenvalue weighted by Crippen LogP contribution is 2.17. The van der Waals surface area contributed by atoms with Crippen molar-refractivity contribution < 1.29 is 5.11 Å². The number of benzene rings is 2. The fraction of sp³-hybridized carbons (Fsp3) is 0.333. The first kappa shape index (κ1) is 25.0. The molecule has 0 saturated carbocycles. The molecular formula is C24H36O. The van der Waals surface area contributed by atoms with Crippen molar-refractivity contribution in [2.75, 3.05) is 0 Å². The average molecular weight is 341 g/mol. The predicted octanol–water partition coefficient (Wildman–Crippen LogP) is 8.21. The van der Waals surface area contributed by atoms with Crippen molar-refractivity contribution >= 4 is 0 Å². The molecule has 1 N–H and O–H groups in total. The van der Waals surface area contributed by atoms with E-state index in [9.17, 15) is 0 Å². The second kappa shape index (κ2) is 19.8. The van der Waals surface area contributed by atoms with E-state index in [2.05, 4.69) is 76.2 Å². The van der Waals surface area contributed by atoms with Crippen molar-refractivity contribution in [2.45, 2.75) is 54.4 Å². The molecule has 0 aliphatic rings. The van der Waals surface area contributed by atoms with Gasteiger partial charge < -0.3 is 5.11 Å². The van der Waals surface area contributed by atoms with Crippen molar-refractivity contribution in [3.63, 3.8) is 0 Å². The summed E-state index contributed by atoms with van der Waals surface area (Å²) in [6.45, 7) is 12.0. The summed E-state index contributed by atoms with van der Waals surface area (Å²) in [7, 11) is 0. The third-order valence-electron chi connectivity index (χ3n) is 2.41. The molecule has 0 saturated heterocycles. The van der Waals surface area contributed by atoms with Crippen molar-refractivity contribution in [3.8, 4) is 11.1 Å². The molecule has 0 spiro atoms. The number of aliphatic hydroxyl groups excluding tert-OH is 1. The standard InChI is InChI=1S/C12H10.C6H10O.2C3H8/c1-3-7-11(8-4-1)12-9-5-2-6-10-12;1-3-4-5-6(2)7;2*1-3-2/h1-10H;3-5,7H,1-2H3;2*3H2,1-2H3/b;4-3-,6-5+;;. The van der Waals surface area contributed by atoms with Crippen molar-refractivity contribution in [3.05, 3.63) is 84.7 Å². The van der Waals surface area contributed by atoms with Gasteiger partial charge in [-0.2, -0.15) is 0 Å². The van der Waals surface area contributed by atoms with Gasteiger partial charge in [-0.25, -0.2) is 0 Å². The number of allylic oxidation sites excluding steroid dienone is 4. The largest absolute Gasteiger partial charge is 0.513 e. The lowest BCUT2D eigenvalue weighted by Crippen LogP contribution is -1.73. The van der Waals surface area contributed by atoms with E-state index in [-0.39, 0.29) is 0 Å². The minimum atomic E-state index is 0.345. The average Bonchev–Trinajstić information content (AvgIpc) is 2.63. The molecule has 25 heavy (non-hydrogen) atoms. The molecule has 0 aromatic heterocycles. The molecule has 2 aromatic rings. The van der Waals surface area contributed by atoms with Crippen LogP contribution in [0.15, 0.2) is 84.7 Å². The van der Waals surface area contributed by atoms with E-state index in [0.29, 0.717) is 5.76 Å². The van der Waals surface area contributed by atoms with Crippen LogP contribution in [0.25, 0.3) is 11.1 Å². The first-order chi connectivity index (χ1) is 12.1. The van der Waals surface area contributed by atoms with Gasteiger partial charge >= 0.3 is 0 Å². The molecule has 0 fully saturated rings. The number of hydrogen-bond acceptors (Lipinski definition) is 1. The normalized spacial score (nSPS) is 9.76. The van der Waals surface area contributed by atoms with E-state index in [1.54, 1.807) is 19.1 Å². The van der Waals surface area contributed by atoms with E-state index < -0.39 is 0 Å². The van der Waals surface area contributed by atoms with E-state index in [4.69, 9.17) is 5.11 Å². The topological polar surface area (TPSA) is 20.2 Å². The Balaban J connectivity index is 0. The Kier molecular flexibility index (Phi) is 19.7. The summed E-state index contributed by atoms with van der Waals surface area (Å²) in [5.41, 5.74) is 2.55. The van der Waals surface area contributed by atoms with Crippen molar-refractivity contribution in [1.29, 1.82) is 0 Å². The zero-order chi connectivity index (χ0) is 19.3. The summed E-state index contributed by atoms with van der Waals surface area (Å²) >= 11 is 0. The molecule has 0 aliphatic carbocycles. The molecule has 1 nitrogen and oxygen atoms in total. The van der Waals surface area contributed by atoms with Crippen molar-refractivity contribution in [1.82, 2.24) is 0 Å². The third-order valence-corrected chi connectivity index (χ3v) is 2.41. The van der Waals surface area contributed by atoms with Crippen LogP contribution in [0.1, 0.15) is 54.4 Å². The molecule has 0 heterocycles. The quantitative estimate of drug-likeness (QED) is 0.431. The summed E-state index contributed by atoms with van der Waals surface area (Å²) in [6.07, 6.45) is 7.79. The van der Waals surface area contributed by atoms with Gasteiger partial charge in [-0.1, -0.05) is 113 Å². The fourth-order valence-corrected chi connectivity index (χ4v) is 1.50. The Labute approximate surface area is 155 Å². The second-order valence-corrected chi connectivity index (χ2v) is 5.48. The van der Waals surface area contributed by atoms with Crippen LogP contribution < -0.4 is 0 Å². The van der Waals surface area contributed by atoms with Crippen LogP contribution in [0.2, 0.25) is 0 Å². The van der Waals surface area contributed by atoms with Crippen LogP contribution in [0.5, 0.6) is 0 Å². The highest BCUT2D eigenvalue weighted by atomic mass is 16.3. The van der Waals surface area contributed by atoms with E-state index >= 15 is 0 Å². The first-order valence-electron chi connectivity index (χ1n) is 9.16. The monoisotopic (exact) mass is 340 g/mol. The Hall–Kier alpha value is -2.28. The minimum Gasteiger partial charge on any atom is -0.513 e. The molecule has 0 unspecified atom stereocenters. The van der Waals surface area contributed by atoms with Gasteiger partial charge in [-0.15, -0.1) is 0 Å². The molecule has 0 radical (unpaired) electrons. The lowest BCUT2D eigenvalue weighted by Gasteiger charge is -1.98. The summed E-state index contributed by atoms with van der Waals surface area (Å²) in [5, 5.41) is 8.49. The van der Waals surface area contributed by atoms with Gasteiger partial charge in [0.05, 0.1) is 5.76 Å². The van der Waals surface area contributed by atoms with Crippen LogP contribution in [-0.4, -0.2) is 5.11 Å². The van der Waals surface area contributed by atoms with Crippen molar-refractivity contribution in [2.24, 2.45) is 0 Å². The highest BCUT2D eigenvalue weighted by molar-refractivity contribution is 5.62.